The van der Waals surface area contributed by atoms with Gasteiger partial charge in [-0.3, -0.25) is 9.36 Å². The minimum Gasteiger partial charge on any atom is -0.464 e. The average molecular weight is 548 g/mol. The Hall–Kier alpha value is -3.86. The topological polar surface area (TPSA) is 119 Å². The molecule has 4 aromatic rings. The summed E-state index contributed by atoms with van der Waals surface area (Å²) >= 11 is 0. The Balaban J connectivity index is 1.18. The van der Waals surface area contributed by atoms with E-state index in [1.807, 2.05) is 59.2 Å². The second-order valence-corrected chi connectivity index (χ2v) is 10.2. The van der Waals surface area contributed by atoms with Gasteiger partial charge in [-0.15, -0.1) is 0 Å². The van der Waals surface area contributed by atoms with Gasteiger partial charge in [0.05, 0.1) is 43.7 Å². The molecule has 0 saturated carbocycles. The van der Waals surface area contributed by atoms with Gasteiger partial charge in [0, 0.05) is 42.4 Å². The largest absolute Gasteiger partial charge is 0.464 e. The van der Waals surface area contributed by atoms with Gasteiger partial charge in [-0.1, -0.05) is 30.3 Å². The first-order chi connectivity index (χ1) is 19.6. The van der Waals surface area contributed by atoms with Crippen molar-refractivity contribution in [2.45, 2.75) is 37.5 Å². The van der Waals surface area contributed by atoms with E-state index in [0.717, 1.165) is 27.6 Å². The molecule has 0 aliphatic carbocycles. The van der Waals surface area contributed by atoms with Crippen molar-refractivity contribution in [3.63, 3.8) is 0 Å². The molecule has 2 aliphatic rings. The molecule has 1 fully saturated rings. The lowest BCUT2D eigenvalue weighted by molar-refractivity contribution is -0.157. The predicted octanol–water partition coefficient (Wildman–Crippen LogP) is 3.68. The summed E-state index contributed by atoms with van der Waals surface area (Å²) < 4.78 is 24.9. The lowest BCUT2D eigenvalue weighted by Gasteiger charge is -2.35. The number of hydrogen-bond donors (Lipinski definition) is 2. The van der Waals surface area contributed by atoms with E-state index in [1.54, 1.807) is 11.2 Å². The number of carbonyl (C=O) groups is 1. The number of nitrogens with zero attached hydrogens (tertiary/aromatic N) is 2. The number of allylic oxidation sites excluding steroid dienone is 1. The molecule has 10 heteroatoms. The van der Waals surface area contributed by atoms with Crippen LogP contribution in [0.5, 0.6) is 0 Å². The first kappa shape index (κ1) is 26.4. The summed E-state index contributed by atoms with van der Waals surface area (Å²) in [6, 6.07) is 15.5. The number of likely N-dealkylation sites (tertiary alicyclic amines) is 1. The third kappa shape index (κ3) is 5.30. The maximum atomic E-state index is 13.7. The van der Waals surface area contributed by atoms with Crippen LogP contribution in [-0.4, -0.2) is 71.3 Å². The molecule has 2 aromatic heterocycles. The molecule has 0 bridgehead atoms. The number of benzene rings is 2. The maximum Gasteiger partial charge on any atom is 0.326 e. The van der Waals surface area contributed by atoms with Crippen LogP contribution in [0.1, 0.15) is 36.8 Å². The molecule has 1 saturated heterocycles. The summed E-state index contributed by atoms with van der Waals surface area (Å²) in [5.74, 6) is -0.0695. The van der Waals surface area contributed by atoms with Crippen LogP contribution in [0, 0.1) is 0 Å². The molecule has 2 N–H and O–H groups in total. The molecule has 10 nitrogen and oxygen atoms in total. The fraction of sp³-hybridized carbons (Fsp3) is 0.400. The maximum absolute atomic E-state index is 13.7. The smallest absolute Gasteiger partial charge is 0.326 e. The minimum atomic E-state index is -0.636. The van der Waals surface area contributed by atoms with Crippen molar-refractivity contribution in [3.8, 4) is 0 Å². The fourth-order valence-electron chi connectivity index (χ4n) is 5.74. The number of hydrogen-bond acceptors (Lipinski definition) is 7. The van der Waals surface area contributed by atoms with Crippen molar-refractivity contribution in [1.29, 1.82) is 0 Å². The van der Waals surface area contributed by atoms with Crippen molar-refractivity contribution in [2.24, 2.45) is 0 Å². The highest BCUT2D eigenvalue weighted by molar-refractivity contribution is 5.92. The Labute approximate surface area is 230 Å². The number of nitrogens with one attached hydrogen (secondary N) is 1. The van der Waals surface area contributed by atoms with Gasteiger partial charge in [-0.2, -0.15) is 0 Å². The van der Waals surface area contributed by atoms with Crippen molar-refractivity contribution in [3.05, 3.63) is 82.7 Å². The molecule has 40 heavy (non-hydrogen) atoms. The highest BCUT2D eigenvalue weighted by Gasteiger charge is 2.34. The van der Waals surface area contributed by atoms with Crippen LogP contribution in [-0.2, 0) is 19.0 Å². The SMILES string of the molecule is O=C(C1=C[C@H](c2coc3ccccc23)C[C@H](OCCOCCO)O1)N1CCC(n2c(=O)[nH]c3ccccc32)CC1. The number of rotatable bonds is 9. The first-order valence-electron chi connectivity index (χ1n) is 13.8. The number of para-hydroxylation sites is 3. The molecular formula is C30H33N3O7. The second kappa shape index (κ2) is 11.7. The molecule has 2 aromatic carbocycles. The second-order valence-electron chi connectivity index (χ2n) is 10.2. The van der Waals surface area contributed by atoms with Gasteiger partial charge in [-0.25, -0.2) is 4.79 Å². The average Bonchev–Trinajstić information content (AvgIpc) is 3.57. The molecule has 210 valence electrons. The van der Waals surface area contributed by atoms with E-state index in [-0.39, 0.29) is 49.1 Å². The summed E-state index contributed by atoms with van der Waals surface area (Å²) in [7, 11) is 0. The summed E-state index contributed by atoms with van der Waals surface area (Å²) in [6.45, 7) is 1.79. The van der Waals surface area contributed by atoms with Crippen LogP contribution < -0.4 is 5.69 Å². The summed E-state index contributed by atoms with van der Waals surface area (Å²) in [6.07, 6.45) is 4.83. The number of aromatic nitrogens is 2. The van der Waals surface area contributed by atoms with E-state index in [2.05, 4.69) is 4.98 Å². The normalized spacial score (nSPS) is 20.1. The van der Waals surface area contributed by atoms with Gasteiger partial charge in [0.15, 0.2) is 5.76 Å². The van der Waals surface area contributed by atoms with E-state index in [9.17, 15) is 9.59 Å². The summed E-state index contributed by atoms with van der Waals surface area (Å²) in [4.78, 5) is 31.1. The van der Waals surface area contributed by atoms with Gasteiger partial charge in [0.25, 0.3) is 5.91 Å². The lowest BCUT2D eigenvalue weighted by atomic mass is 9.92. The van der Waals surface area contributed by atoms with Crippen molar-refractivity contribution < 1.29 is 28.5 Å². The number of aromatic amines is 1. The van der Waals surface area contributed by atoms with E-state index >= 15 is 0 Å². The number of amides is 1. The van der Waals surface area contributed by atoms with Crippen molar-refractivity contribution in [1.82, 2.24) is 14.5 Å². The Morgan fingerprint density at radius 2 is 1.85 bits per heavy atom. The van der Waals surface area contributed by atoms with Crippen molar-refractivity contribution >= 4 is 27.9 Å². The Morgan fingerprint density at radius 3 is 2.70 bits per heavy atom. The predicted molar refractivity (Wildman–Crippen MR) is 148 cm³/mol. The van der Waals surface area contributed by atoms with Gasteiger partial charge < -0.3 is 33.6 Å². The molecule has 0 spiro atoms. The van der Waals surface area contributed by atoms with Crippen LogP contribution in [0.25, 0.3) is 22.0 Å². The third-order valence-corrected chi connectivity index (χ3v) is 7.69. The molecule has 2 atom stereocenters. The van der Waals surface area contributed by atoms with Crippen LogP contribution in [0.3, 0.4) is 0 Å². The van der Waals surface area contributed by atoms with Gasteiger partial charge in [-0.05, 0) is 37.1 Å². The van der Waals surface area contributed by atoms with E-state index in [0.29, 0.717) is 39.0 Å². The zero-order chi connectivity index (χ0) is 27.5. The molecule has 1 amide bonds. The highest BCUT2D eigenvalue weighted by Crippen LogP contribution is 2.37. The van der Waals surface area contributed by atoms with Crippen LogP contribution in [0.4, 0.5) is 0 Å². The molecule has 4 heterocycles. The van der Waals surface area contributed by atoms with Gasteiger partial charge in [0.1, 0.15) is 5.58 Å². The zero-order valence-corrected chi connectivity index (χ0v) is 22.2. The Bertz CT molecular complexity index is 1560. The van der Waals surface area contributed by atoms with E-state index in [4.69, 9.17) is 23.7 Å². The summed E-state index contributed by atoms with van der Waals surface area (Å²) in [5, 5.41) is 9.92. The number of fused-ring (bicyclic) bond motifs is 2. The number of imidazole rings is 1. The monoisotopic (exact) mass is 547 g/mol. The quantitative estimate of drug-likeness (QED) is 0.307. The summed E-state index contributed by atoms with van der Waals surface area (Å²) in [5.41, 5.74) is 3.34. The molecule has 0 radical (unpaired) electrons. The van der Waals surface area contributed by atoms with Gasteiger partial charge >= 0.3 is 5.69 Å². The Morgan fingerprint density at radius 1 is 1.05 bits per heavy atom. The number of ether oxygens (including phenoxy) is 3. The van der Waals surface area contributed by atoms with Crippen LogP contribution >= 0.6 is 0 Å². The van der Waals surface area contributed by atoms with E-state index in [1.165, 1.54) is 0 Å². The number of furan rings is 1. The number of H-pyrrole nitrogens is 1. The zero-order valence-electron chi connectivity index (χ0n) is 22.2. The molecular weight excluding hydrogens is 514 g/mol. The minimum absolute atomic E-state index is 0.00833. The fourth-order valence-corrected chi connectivity index (χ4v) is 5.74. The standard InChI is InChI=1S/C30H33N3O7/c34-13-14-37-15-16-38-28-18-20(23-19-39-26-8-4-1-5-22(23)26)17-27(40-28)29(35)32-11-9-21(10-12-32)33-25-7-3-2-6-24(25)31-30(33)36/h1-8,17,19-21,28,34H,9-16,18H2,(H,31,36)/t20-,28+/m0/s1. The van der Waals surface area contributed by atoms with E-state index < -0.39 is 6.29 Å². The molecule has 6 rings (SSSR count). The molecule has 0 unspecified atom stereocenters. The third-order valence-electron chi connectivity index (χ3n) is 7.69. The van der Waals surface area contributed by atoms with Gasteiger partial charge in [0.2, 0.25) is 6.29 Å². The molecule has 2 aliphatic heterocycles. The number of aliphatic hydroxyl groups excluding tert-OH is 1. The van der Waals surface area contributed by atoms with Crippen LogP contribution in [0.2, 0.25) is 0 Å². The Kier molecular flexibility index (Phi) is 7.72. The first-order valence-corrected chi connectivity index (χ1v) is 13.8. The van der Waals surface area contributed by atoms with Crippen LogP contribution in [0.15, 0.2) is 75.8 Å². The number of carbonyl (C=O) groups excluding carboxylic acids is 1. The highest BCUT2D eigenvalue weighted by atomic mass is 16.7. The number of piperidine rings is 1. The van der Waals surface area contributed by atoms with Crippen molar-refractivity contribution in [2.75, 3.05) is 39.5 Å². The lowest BCUT2D eigenvalue weighted by Crippen LogP contribution is -2.42. The number of aliphatic hydroxyl groups is 1.